The van der Waals surface area contributed by atoms with E-state index in [-0.39, 0.29) is 11.8 Å². The van der Waals surface area contributed by atoms with Gasteiger partial charge in [-0.2, -0.15) is 0 Å². The summed E-state index contributed by atoms with van der Waals surface area (Å²) >= 11 is 6.05. The highest BCUT2D eigenvalue weighted by molar-refractivity contribution is 6.31. The van der Waals surface area contributed by atoms with Gasteiger partial charge in [0.05, 0.1) is 16.0 Å². The molecule has 1 aromatic carbocycles. The molecule has 0 spiro atoms. The first-order chi connectivity index (χ1) is 8.95. The average Bonchev–Trinajstić information content (AvgIpc) is 2.29. The monoisotopic (exact) mass is 284 g/mol. The largest absolute Gasteiger partial charge is 0.393 e. The van der Waals surface area contributed by atoms with Crippen molar-refractivity contribution in [2.45, 2.75) is 25.5 Å². The van der Waals surface area contributed by atoms with E-state index in [0.29, 0.717) is 17.5 Å². The highest BCUT2D eigenvalue weighted by Gasteiger charge is 2.27. The molecule has 1 N–H and O–H groups in total. The van der Waals surface area contributed by atoms with Gasteiger partial charge >= 0.3 is 0 Å². The Labute approximate surface area is 116 Å². The van der Waals surface area contributed by atoms with E-state index >= 15 is 0 Å². The third-order valence-corrected chi connectivity index (χ3v) is 3.82. The molecule has 0 atom stereocenters. The van der Waals surface area contributed by atoms with Gasteiger partial charge in [-0.05, 0) is 37.4 Å². The van der Waals surface area contributed by atoms with Crippen molar-refractivity contribution in [2.75, 3.05) is 13.6 Å². The zero-order valence-electron chi connectivity index (χ0n) is 10.8. The number of nitro groups is 1. The van der Waals surface area contributed by atoms with Gasteiger partial charge in [0.2, 0.25) is 0 Å². The third-order valence-electron chi connectivity index (χ3n) is 3.47. The van der Waals surface area contributed by atoms with E-state index in [4.69, 9.17) is 11.6 Å². The van der Waals surface area contributed by atoms with Crippen LogP contribution in [0, 0.1) is 16.0 Å². The number of halogens is 1. The van der Waals surface area contributed by atoms with Crippen molar-refractivity contribution in [3.05, 3.63) is 38.9 Å². The van der Waals surface area contributed by atoms with Crippen LogP contribution in [0.4, 0.5) is 5.69 Å². The van der Waals surface area contributed by atoms with Crippen LogP contribution >= 0.6 is 11.6 Å². The van der Waals surface area contributed by atoms with Crippen LogP contribution in [0.2, 0.25) is 5.02 Å². The van der Waals surface area contributed by atoms with Gasteiger partial charge in [-0.25, -0.2) is 0 Å². The Hall–Kier alpha value is -1.17. The average molecular weight is 285 g/mol. The molecule has 1 aliphatic carbocycles. The van der Waals surface area contributed by atoms with Crippen LogP contribution in [0.25, 0.3) is 0 Å². The molecular weight excluding hydrogens is 268 g/mol. The summed E-state index contributed by atoms with van der Waals surface area (Å²) in [5.74, 6) is 0.539. The molecule has 1 aliphatic rings. The topological polar surface area (TPSA) is 66.6 Å². The normalized spacial score (nSPS) is 22.3. The number of aliphatic hydroxyl groups excluding tert-OH is 1. The van der Waals surface area contributed by atoms with Crippen molar-refractivity contribution in [2.24, 2.45) is 5.92 Å². The molecule has 0 unspecified atom stereocenters. The van der Waals surface area contributed by atoms with E-state index < -0.39 is 4.92 Å². The van der Waals surface area contributed by atoms with E-state index in [1.54, 1.807) is 6.07 Å². The van der Waals surface area contributed by atoms with Crippen LogP contribution in [-0.4, -0.2) is 34.6 Å². The first-order valence-corrected chi connectivity index (χ1v) is 6.63. The fraction of sp³-hybridized carbons (Fsp3) is 0.538. The molecule has 6 heteroatoms. The van der Waals surface area contributed by atoms with Crippen LogP contribution in [0.3, 0.4) is 0 Å². The Morgan fingerprint density at radius 3 is 2.74 bits per heavy atom. The maximum Gasteiger partial charge on any atom is 0.270 e. The lowest BCUT2D eigenvalue weighted by atomic mass is 9.82. The standard InChI is InChI=1S/C13H17ClN2O3/c1-15(7-9-4-12(17)5-9)8-10-2-3-11(16(18)19)6-13(10)14/h2-3,6,9,12,17H,4-5,7-8H2,1H3. The smallest absolute Gasteiger partial charge is 0.270 e. The summed E-state index contributed by atoms with van der Waals surface area (Å²) < 4.78 is 0. The Kier molecular flexibility index (Phi) is 4.39. The first kappa shape index (κ1) is 14.2. The zero-order valence-corrected chi connectivity index (χ0v) is 11.5. The molecular formula is C13H17ClN2O3. The van der Waals surface area contributed by atoms with E-state index in [1.807, 2.05) is 7.05 Å². The highest BCUT2D eigenvalue weighted by Crippen LogP contribution is 2.29. The minimum absolute atomic E-state index is 0.0125. The number of aliphatic hydroxyl groups is 1. The third kappa shape index (κ3) is 3.65. The lowest BCUT2D eigenvalue weighted by Gasteiger charge is -2.34. The molecule has 1 saturated carbocycles. The summed E-state index contributed by atoms with van der Waals surface area (Å²) in [7, 11) is 1.99. The molecule has 104 valence electrons. The SMILES string of the molecule is CN(Cc1ccc([N+](=O)[O-])cc1Cl)CC1CC(O)C1. The predicted octanol–water partition coefficient (Wildman–Crippen LogP) is 2.45. The van der Waals surface area contributed by atoms with Crippen LogP contribution < -0.4 is 0 Å². The lowest BCUT2D eigenvalue weighted by Crippen LogP contribution is -2.36. The number of nitro benzene ring substituents is 1. The molecule has 0 aliphatic heterocycles. The Balaban J connectivity index is 1.93. The summed E-state index contributed by atoms with van der Waals surface area (Å²) in [5.41, 5.74) is 0.896. The van der Waals surface area contributed by atoms with Crippen molar-refractivity contribution in [3.63, 3.8) is 0 Å². The van der Waals surface area contributed by atoms with Crippen molar-refractivity contribution >= 4 is 17.3 Å². The van der Waals surface area contributed by atoms with Crippen molar-refractivity contribution in [3.8, 4) is 0 Å². The van der Waals surface area contributed by atoms with Gasteiger partial charge in [-0.3, -0.25) is 10.1 Å². The van der Waals surface area contributed by atoms with Gasteiger partial charge in [0.1, 0.15) is 0 Å². The van der Waals surface area contributed by atoms with Gasteiger partial charge in [0.15, 0.2) is 0 Å². The van der Waals surface area contributed by atoms with Crippen LogP contribution in [0.5, 0.6) is 0 Å². The number of hydrogen-bond donors (Lipinski definition) is 1. The van der Waals surface area contributed by atoms with Crippen molar-refractivity contribution in [1.82, 2.24) is 4.90 Å². The lowest BCUT2D eigenvalue weighted by molar-refractivity contribution is -0.384. The molecule has 19 heavy (non-hydrogen) atoms. The van der Waals surface area contributed by atoms with Crippen molar-refractivity contribution in [1.29, 1.82) is 0 Å². The molecule has 2 rings (SSSR count). The fourth-order valence-electron chi connectivity index (χ4n) is 2.42. The molecule has 0 radical (unpaired) electrons. The van der Waals surface area contributed by atoms with Gasteiger partial charge in [0.25, 0.3) is 5.69 Å². The number of benzene rings is 1. The molecule has 0 amide bonds. The van der Waals surface area contributed by atoms with E-state index in [2.05, 4.69) is 4.90 Å². The first-order valence-electron chi connectivity index (χ1n) is 6.25. The molecule has 1 aromatic rings. The van der Waals surface area contributed by atoms with Gasteiger partial charge in [-0.1, -0.05) is 11.6 Å². The van der Waals surface area contributed by atoms with Crippen molar-refractivity contribution < 1.29 is 10.0 Å². The minimum Gasteiger partial charge on any atom is -0.393 e. The molecule has 1 fully saturated rings. The summed E-state index contributed by atoms with van der Waals surface area (Å²) in [6.45, 7) is 1.56. The number of rotatable bonds is 5. The minimum atomic E-state index is -0.449. The highest BCUT2D eigenvalue weighted by atomic mass is 35.5. The second-order valence-electron chi connectivity index (χ2n) is 5.22. The summed E-state index contributed by atoms with van der Waals surface area (Å²) in [6, 6.07) is 4.56. The summed E-state index contributed by atoms with van der Waals surface area (Å²) in [5, 5.41) is 20.3. The molecule has 0 bridgehead atoms. The number of hydrogen-bond acceptors (Lipinski definition) is 4. The Morgan fingerprint density at radius 1 is 1.53 bits per heavy atom. The number of nitrogens with zero attached hydrogens (tertiary/aromatic N) is 2. The van der Waals surface area contributed by atoms with E-state index in [1.165, 1.54) is 12.1 Å². The van der Waals surface area contributed by atoms with E-state index in [0.717, 1.165) is 24.9 Å². The second kappa shape index (κ2) is 5.86. The zero-order chi connectivity index (χ0) is 14.0. The van der Waals surface area contributed by atoms with Crippen LogP contribution in [0.1, 0.15) is 18.4 Å². The molecule has 5 nitrogen and oxygen atoms in total. The molecule has 0 heterocycles. The number of non-ortho nitro benzene ring substituents is 1. The quantitative estimate of drug-likeness (QED) is 0.666. The maximum atomic E-state index is 10.6. The molecule has 0 saturated heterocycles. The summed E-state index contributed by atoms with van der Waals surface area (Å²) in [6.07, 6.45) is 1.58. The predicted molar refractivity (Wildman–Crippen MR) is 73.2 cm³/mol. The fourth-order valence-corrected chi connectivity index (χ4v) is 2.66. The van der Waals surface area contributed by atoms with Crippen LogP contribution in [-0.2, 0) is 6.54 Å². The molecule has 0 aromatic heterocycles. The second-order valence-corrected chi connectivity index (χ2v) is 5.63. The van der Waals surface area contributed by atoms with E-state index in [9.17, 15) is 15.2 Å². The van der Waals surface area contributed by atoms with Crippen LogP contribution in [0.15, 0.2) is 18.2 Å². The van der Waals surface area contributed by atoms with Gasteiger partial charge < -0.3 is 10.0 Å². The van der Waals surface area contributed by atoms with Gasteiger partial charge in [0, 0.05) is 25.2 Å². The maximum absolute atomic E-state index is 10.6. The summed E-state index contributed by atoms with van der Waals surface area (Å²) in [4.78, 5) is 12.3. The van der Waals surface area contributed by atoms with Gasteiger partial charge in [-0.15, -0.1) is 0 Å². The Morgan fingerprint density at radius 2 is 2.21 bits per heavy atom. The Bertz CT molecular complexity index is 475.